The van der Waals surface area contributed by atoms with Crippen LogP contribution in [0.4, 0.5) is 14.5 Å². The molecule has 1 aromatic heterocycles. The van der Waals surface area contributed by atoms with Crippen LogP contribution in [0.3, 0.4) is 0 Å². The zero-order valence-corrected chi connectivity index (χ0v) is 20.7. The monoisotopic (exact) mass is 495 g/mol. The van der Waals surface area contributed by atoms with E-state index in [1.54, 1.807) is 31.2 Å². The number of halogens is 2. The molecule has 6 nitrogen and oxygen atoms in total. The molecule has 188 valence electrons. The molecule has 0 bridgehead atoms. The number of aryl methyl sites for hydroxylation is 1. The number of hydrogen-bond donors (Lipinski definition) is 1. The smallest absolute Gasteiger partial charge is 0.300 e. The minimum Gasteiger partial charge on any atom is -0.507 e. The van der Waals surface area contributed by atoms with Crippen molar-refractivity contribution < 1.29 is 32.6 Å². The Balaban J connectivity index is 1.96. The van der Waals surface area contributed by atoms with E-state index < -0.39 is 40.8 Å². The van der Waals surface area contributed by atoms with Crippen LogP contribution in [0.1, 0.15) is 56.4 Å². The van der Waals surface area contributed by atoms with Crippen LogP contribution < -0.4 is 9.64 Å². The van der Waals surface area contributed by atoms with Crippen molar-refractivity contribution >= 4 is 23.1 Å². The van der Waals surface area contributed by atoms with Crippen LogP contribution in [-0.2, 0) is 15.0 Å². The molecular formula is C28H27F2NO5. The number of ether oxygens (including phenoxy) is 1. The largest absolute Gasteiger partial charge is 0.507 e. The molecule has 1 aliphatic heterocycles. The summed E-state index contributed by atoms with van der Waals surface area (Å²) in [6, 6.07) is 9.42. The highest BCUT2D eigenvalue weighted by molar-refractivity contribution is 6.51. The Kier molecular flexibility index (Phi) is 6.47. The van der Waals surface area contributed by atoms with Crippen molar-refractivity contribution in [1.29, 1.82) is 0 Å². The Morgan fingerprint density at radius 3 is 2.42 bits per heavy atom. The zero-order chi connectivity index (χ0) is 26.4. The van der Waals surface area contributed by atoms with E-state index in [4.69, 9.17) is 9.15 Å². The molecule has 2 heterocycles. The Hall–Kier alpha value is -3.94. The molecule has 1 fully saturated rings. The summed E-state index contributed by atoms with van der Waals surface area (Å²) < 4.78 is 40.3. The third-order valence-corrected chi connectivity index (χ3v) is 6.00. The predicted molar refractivity (Wildman–Crippen MR) is 131 cm³/mol. The molecule has 2 aromatic carbocycles. The molecule has 3 aromatic rings. The minimum absolute atomic E-state index is 0.124. The third kappa shape index (κ3) is 4.39. The number of amides is 1. The quantitative estimate of drug-likeness (QED) is 0.259. The number of benzene rings is 2. The highest BCUT2D eigenvalue weighted by Gasteiger charge is 2.49. The van der Waals surface area contributed by atoms with Crippen LogP contribution in [-0.4, -0.2) is 23.4 Å². The van der Waals surface area contributed by atoms with Crippen molar-refractivity contribution in [3.05, 3.63) is 88.4 Å². The molecule has 4 rings (SSSR count). The van der Waals surface area contributed by atoms with E-state index in [0.717, 1.165) is 28.7 Å². The second-order valence-corrected chi connectivity index (χ2v) is 9.61. The first-order valence-electron chi connectivity index (χ1n) is 11.5. The molecule has 0 aliphatic carbocycles. The molecule has 1 amide bonds. The maximum absolute atomic E-state index is 14.8. The van der Waals surface area contributed by atoms with Crippen LogP contribution in [0, 0.1) is 18.6 Å². The molecule has 1 saturated heterocycles. The second-order valence-electron chi connectivity index (χ2n) is 9.61. The molecule has 36 heavy (non-hydrogen) atoms. The lowest BCUT2D eigenvalue weighted by molar-refractivity contribution is -0.132. The van der Waals surface area contributed by atoms with E-state index in [0.29, 0.717) is 18.1 Å². The molecule has 1 atom stereocenters. The van der Waals surface area contributed by atoms with Gasteiger partial charge in [-0.05, 0) is 61.7 Å². The van der Waals surface area contributed by atoms with E-state index in [1.165, 1.54) is 6.07 Å². The number of aliphatic hydroxyl groups is 1. The van der Waals surface area contributed by atoms with E-state index in [9.17, 15) is 23.5 Å². The van der Waals surface area contributed by atoms with Gasteiger partial charge in [-0.3, -0.25) is 14.5 Å². The van der Waals surface area contributed by atoms with Crippen molar-refractivity contribution in [3.8, 4) is 5.75 Å². The van der Waals surface area contributed by atoms with Gasteiger partial charge in [0, 0.05) is 17.2 Å². The van der Waals surface area contributed by atoms with Crippen LogP contribution >= 0.6 is 0 Å². The Labute approximate surface area is 207 Å². The predicted octanol–water partition coefficient (Wildman–Crippen LogP) is 6.19. The Morgan fingerprint density at radius 1 is 1.08 bits per heavy atom. The number of hydrogen-bond acceptors (Lipinski definition) is 5. The topological polar surface area (TPSA) is 80.0 Å². The Bertz CT molecular complexity index is 1380. The van der Waals surface area contributed by atoms with Crippen LogP contribution in [0.5, 0.6) is 5.75 Å². The Morgan fingerprint density at radius 2 is 1.81 bits per heavy atom. The number of nitrogens with zero attached hydrogens (tertiary/aromatic N) is 1. The summed E-state index contributed by atoms with van der Waals surface area (Å²) in [5, 5.41) is 11.4. The molecule has 0 radical (unpaired) electrons. The van der Waals surface area contributed by atoms with Crippen molar-refractivity contribution in [2.24, 2.45) is 0 Å². The van der Waals surface area contributed by atoms with E-state index in [-0.39, 0.29) is 22.3 Å². The number of anilines is 1. The average Bonchev–Trinajstić information content (AvgIpc) is 3.35. The van der Waals surface area contributed by atoms with Crippen molar-refractivity contribution in [1.82, 2.24) is 0 Å². The summed E-state index contributed by atoms with van der Waals surface area (Å²) in [7, 11) is 0. The molecular weight excluding hydrogens is 468 g/mol. The van der Waals surface area contributed by atoms with Crippen LogP contribution in [0.2, 0.25) is 0 Å². The lowest BCUT2D eigenvalue weighted by Gasteiger charge is -2.25. The lowest BCUT2D eigenvalue weighted by Crippen LogP contribution is -2.30. The molecule has 0 saturated carbocycles. The highest BCUT2D eigenvalue weighted by Crippen LogP contribution is 2.44. The van der Waals surface area contributed by atoms with Crippen molar-refractivity contribution in [3.63, 3.8) is 0 Å². The summed E-state index contributed by atoms with van der Waals surface area (Å²) in [5.74, 6) is -3.07. The third-order valence-electron chi connectivity index (χ3n) is 6.00. The van der Waals surface area contributed by atoms with Crippen LogP contribution in [0.25, 0.3) is 5.76 Å². The van der Waals surface area contributed by atoms with Crippen LogP contribution in [0.15, 0.2) is 58.5 Å². The summed E-state index contributed by atoms with van der Waals surface area (Å²) in [6.45, 7) is 9.90. The van der Waals surface area contributed by atoms with Gasteiger partial charge in [0.05, 0.1) is 17.9 Å². The normalized spacial score (nSPS) is 17.6. The van der Waals surface area contributed by atoms with E-state index >= 15 is 0 Å². The fourth-order valence-corrected chi connectivity index (χ4v) is 4.32. The van der Waals surface area contributed by atoms with Gasteiger partial charge >= 0.3 is 0 Å². The van der Waals surface area contributed by atoms with Gasteiger partial charge in [-0.15, -0.1) is 0 Å². The first-order chi connectivity index (χ1) is 16.9. The number of aliphatic hydroxyl groups excluding tert-OH is 1. The summed E-state index contributed by atoms with van der Waals surface area (Å²) in [6.07, 6.45) is 0. The highest BCUT2D eigenvalue weighted by atomic mass is 19.1. The number of ketones is 1. The maximum Gasteiger partial charge on any atom is 0.300 e. The van der Waals surface area contributed by atoms with Gasteiger partial charge in [-0.1, -0.05) is 20.8 Å². The minimum atomic E-state index is -1.31. The molecule has 0 spiro atoms. The number of rotatable bonds is 5. The van der Waals surface area contributed by atoms with Gasteiger partial charge in [-0.25, -0.2) is 8.78 Å². The van der Waals surface area contributed by atoms with Gasteiger partial charge in [0.2, 0.25) is 0 Å². The number of carbonyl (C=O) groups is 2. The van der Waals surface area contributed by atoms with Gasteiger partial charge in [0.1, 0.15) is 40.7 Å². The maximum atomic E-state index is 14.8. The van der Waals surface area contributed by atoms with Gasteiger partial charge < -0.3 is 14.3 Å². The van der Waals surface area contributed by atoms with Gasteiger partial charge in [-0.2, -0.15) is 0 Å². The molecule has 1 unspecified atom stereocenters. The SMILES string of the molecule is CCOc1ccc(/C(O)=C2/C(=O)C(=O)N(c3cc(F)ccc3F)C2c2ccc(C)o2)cc1C(C)(C)C. The molecule has 1 aliphatic rings. The van der Waals surface area contributed by atoms with Crippen molar-refractivity contribution in [2.75, 3.05) is 11.5 Å². The summed E-state index contributed by atoms with van der Waals surface area (Å²) in [5.41, 5.74) is -0.0345. The first-order valence-corrected chi connectivity index (χ1v) is 11.5. The van der Waals surface area contributed by atoms with E-state index in [1.807, 2.05) is 27.7 Å². The van der Waals surface area contributed by atoms with Gasteiger partial charge in [0.15, 0.2) is 0 Å². The fourth-order valence-electron chi connectivity index (χ4n) is 4.32. The summed E-state index contributed by atoms with van der Waals surface area (Å²) >= 11 is 0. The average molecular weight is 496 g/mol. The number of Topliss-reactive ketones (excluding diaryl/α,β-unsaturated/α-hetero) is 1. The lowest BCUT2D eigenvalue weighted by atomic mass is 9.84. The standard InChI is InChI=1S/C28H27F2NO5/c1-6-35-21-12-8-16(13-18(21)28(3,4)5)25(32)23-24(22-11-7-15(2)36-22)31(27(34)26(23)33)20-14-17(29)9-10-19(20)30/h7-14,24,32H,6H2,1-5H3/b25-23-. The van der Waals surface area contributed by atoms with Gasteiger partial charge in [0.25, 0.3) is 11.7 Å². The zero-order valence-electron chi connectivity index (χ0n) is 20.7. The molecule has 8 heteroatoms. The molecule has 1 N–H and O–H groups in total. The van der Waals surface area contributed by atoms with Crippen molar-refractivity contribution in [2.45, 2.75) is 46.1 Å². The second kappa shape index (κ2) is 9.26. The number of carbonyl (C=O) groups excluding carboxylic acids is 2. The summed E-state index contributed by atoms with van der Waals surface area (Å²) in [4.78, 5) is 27.2. The fraction of sp³-hybridized carbons (Fsp3) is 0.286. The van der Waals surface area contributed by atoms with E-state index in [2.05, 4.69) is 0 Å². The first kappa shape index (κ1) is 25.2. The number of furan rings is 1.